The van der Waals surface area contributed by atoms with E-state index in [0.29, 0.717) is 17.9 Å². The topological polar surface area (TPSA) is 102 Å². The zero-order valence-corrected chi connectivity index (χ0v) is 25.5. The Morgan fingerprint density at radius 1 is 0.955 bits per heavy atom. The predicted molar refractivity (Wildman–Crippen MR) is 173 cm³/mol. The van der Waals surface area contributed by atoms with Crippen LogP contribution in [0.1, 0.15) is 41.3 Å². The zero-order valence-electron chi connectivity index (χ0n) is 23.9. The van der Waals surface area contributed by atoms with E-state index in [0.717, 1.165) is 45.8 Å². The molecule has 1 fully saturated rings. The van der Waals surface area contributed by atoms with Crippen LogP contribution in [0.2, 0.25) is 5.02 Å². The van der Waals surface area contributed by atoms with E-state index in [4.69, 9.17) is 21.1 Å². The number of hydrogen-bond acceptors (Lipinski definition) is 7. The Bertz CT molecular complexity index is 1770. The molecule has 4 aromatic rings. The minimum Gasteiger partial charge on any atom is -0.488 e. The molecule has 1 aliphatic heterocycles. The van der Waals surface area contributed by atoms with Gasteiger partial charge < -0.3 is 14.8 Å². The second-order valence-electron chi connectivity index (χ2n) is 10.0. The molecule has 0 aromatic heterocycles. The van der Waals surface area contributed by atoms with Crippen LogP contribution in [0.25, 0.3) is 16.8 Å². The SMILES string of the molecule is CCCCOC(=O)c1cc(NC(=O)CN2C(=O)S/C(=C\c3ccccc3OCc3ccc4ccccc4c3)C2=O)ccc1Cl. The molecule has 0 radical (unpaired) electrons. The molecule has 3 amide bonds. The summed E-state index contributed by atoms with van der Waals surface area (Å²) in [7, 11) is 0. The van der Waals surface area contributed by atoms with Gasteiger partial charge in [-0.25, -0.2) is 4.79 Å². The second kappa shape index (κ2) is 14.2. The molecule has 1 N–H and O–H groups in total. The molecule has 0 bridgehead atoms. The van der Waals surface area contributed by atoms with Crippen LogP contribution in [-0.2, 0) is 20.9 Å². The van der Waals surface area contributed by atoms with Gasteiger partial charge in [0.15, 0.2) is 0 Å². The molecule has 10 heteroatoms. The number of para-hydroxylation sites is 1. The number of carbonyl (C=O) groups is 4. The lowest BCUT2D eigenvalue weighted by molar-refractivity contribution is -0.127. The lowest BCUT2D eigenvalue weighted by Gasteiger charge is -2.13. The Labute approximate surface area is 264 Å². The van der Waals surface area contributed by atoms with Crippen LogP contribution in [0.5, 0.6) is 5.75 Å². The number of benzene rings is 4. The lowest BCUT2D eigenvalue weighted by atomic mass is 10.1. The van der Waals surface area contributed by atoms with Crippen molar-refractivity contribution < 1.29 is 28.7 Å². The van der Waals surface area contributed by atoms with Crippen LogP contribution in [-0.4, -0.2) is 41.1 Å². The summed E-state index contributed by atoms with van der Waals surface area (Å²) in [5, 5.41) is 4.48. The lowest BCUT2D eigenvalue weighted by Crippen LogP contribution is -2.36. The number of nitrogens with zero attached hydrogens (tertiary/aromatic N) is 1. The summed E-state index contributed by atoms with van der Waals surface area (Å²) in [4.78, 5) is 52.1. The largest absolute Gasteiger partial charge is 0.488 e. The number of imide groups is 1. The monoisotopic (exact) mass is 628 g/mol. The average Bonchev–Trinajstić information content (AvgIpc) is 3.28. The molecule has 0 unspecified atom stereocenters. The Hall–Kier alpha value is -4.60. The predicted octanol–water partition coefficient (Wildman–Crippen LogP) is 7.70. The molecular weight excluding hydrogens is 600 g/mol. The molecule has 8 nitrogen and oxygen atoms in total. The molecule has 0 aliphatic carbocycles. The highest BCUT2D eigenvalue weighted by atomic mass is 35.5. The molecule has 0 atom stereocenters. The Kier molecular flexibility index (Phi) is 9.99. The number of halogens is 1. The van der Waals surface area contributed by atoms with Crippen LogP contribution in [0, 0.1) is 0 Å². The normalized spacial score (nSPS) is 13.9. The Balaban J connectivity index is 1.23. The van der Waals surface area contributed by atoms with Crippen LogP contribution in [0.3, 0.4) is 0 Å². The van der Waals surface area contributed by atoms with Gasteiger partial charge in [-0.1, -0.05) is 79.5 Å². The summed E-state index contributed by atoms with van der Waals surface area (Å²) in [6.07, 6.45) is 3.18. The van der Waals surface area contributed by atoms with Crippen molar-refractivity contribution in [1.82, 2.24) is 4.90 Å². The number of ether oxygens (including phenoxy) is 2. The van der Waals surface area contributed by atoms with Gasteiger partial charge in [0.2, 0.25) is 5.91 Å². The second-order valence-corrected chi connectivity index (χ2v) is 11.4. The van der Waals surface area contributed by atoms with E-state index in [1.54, 1.807) is 18.2 Å². The summed E-state index contributed by atoms with van der Waals surface area (Å²) in [6, 6.07) is 25.8. The van der Waals surface area contributed by atoms with Crippen LogP contribution in [0.15, 0.2) is 89.8 Å². The van der Waals surface area contributed by atoms with Gasteiger partial charge in [0.05, 0.1) is 22.1 Å². The summed E-state index contributed by atoms with van der Waals surface area (Å²) in [5.41, 5.74) is 2.01. The van der Waals surface area contributed by atoms with Gasteiger partial charge in [-0.3, -0.25) is 19.3 Å². The van der Waals surface area contributed by atoms with E-state index in [2.05, 4.69) is 11.4 Å². The van der Waals surface area contributed by atoms with Crippen molar-refractivity contribution in [1.29, 1.82) is 0 Å². The fourth-order valence-corrected chi connectivity index (χ4v) is 5.51. The zero-order chi connectivity index (χ0) is 31.1. The van der Waals surface area contributed by atoms with Gasteiger partial charge in [-0.05, 0) is 70.9 Å². The molecule has 4 aromatic carbocycles. The van der Waals surface area contributed by atoms with Crippen LogP contribution >= 0.6 is 23.4 Å². The highest BCUT2D eigenvalue weighted by molar-refractivity contribution is 8.18. The van der Waals surface area contributed by atoms with Crippen molar-refractivity contribution >= 4 is 68.9 Å². The number of thioether (sulfide) groups is 1. The van der Waals surface area contributed by atoms with Crippen molar-refractivity contribution in [3.05, 3.63) is 112 Å². The van der Waals surface area contributed by atoms with Gasteiger partial charge >= 0.3 is 5.97 Å². The van der Waals surface area contributed by atoms with E-state index in [1.807, 2.05) is 55.5 Å². The highest BCUT2D eigenvalue weighted by Gasteiger charge is 2.36. The number of amides is 3. The molecule has 5 rings (SSSR count). The summed E-state index contributed by atoms with van der Waals surface area (Å²) >= 11 is 6.90. The number of anilines is 1. The van der Waals surface area contributed by atoms with Gasteiger partial charge in [0.1, 0.15) is 18.9 Å². The van der Waals surface area contributed by atoms with Crippen molar-refractivity contribution in [2.75, 3.05) is 18.5 Å². The molecule has 1 saturated heterocycles. The number of rotatable bonds is 11. The number of fused-ring (bicyclic) bond motifs is 1. The fraction of sp³-hybridized carbons (Fsp3) is 0.176. The molecule has 224 valence electrons. The van der Waals surface area contributed by atoms with Crippen LogP contribution < -0.4 is 10.1 Å². The number of hydrogen-bond donors (Lipinski definition) is 1. The van der Waals surface area contributed by atoms with Gasteiger partial charge in [-0.15, -0.1) is 0 Å². The Morgan fingerprint density at radius 2 is 1.73 bits per heavy atom. The molecule has 0 saturated carbocycles. The number of esters is 1. The first-order valence-corrected chi connectivity index (χ1v) is 15.2. The van der Waals surface area contributed by atoms with E-state index >= 15 is 0 Å². The van der Waals surface area contributed by atoms with Crippen molar-refractivity contribution in [2.45, 2.75) is 26.4 Å². The quantitative estimate of drug-likeness (QED) is 0.103. The van der Waals surface area contributed by atoms with Gasteiger partial charge in [0.25, 0.3) is 11.1 Å². The maximum Gasteiger partial charge on any atom is 0.339 e. The first kappa shape index (κ1) is 30.8. The van der Waals surface area contributed by atoms with E-state index < -0.39 is 29.6 Å². The molecule has 0 spiro atoms. The molecule has 1 aliphatic rings. The summed E-state index contributed by atoms with van der Waals surface area (Å²) in [5.74, 6) is -1.25. The minimum atomic E-state index is -0.611. The maximum absolute atomic E-state index is 13.2. The Morgan fingerprint density at radius 3 is 2.55 bits per heavy atom. The van der Waals surface area contributed by atoms with Crippen LogP contribution in [0.4, 0.5) is 10.5 Å². The third-order valence-electron chi connectivity index (χ3n) is 6.79. The van der Waals surface area contributed by atoms with Crippen molar-refractivity contribution in [3.8, 4) is 5.75 Å². The van der Waals surface area contributed by atoms with E-state index in [9.17, 15) is 19.2 Å². The number of nitrogens with one attached hydrogen (secondary N) is 1. The fourth-order valence-electron chi connectivity index (χ4n) is 4.49. The maximum atomic E-state index is 13.2. The first-order valence-electron chi connectivity index (χ1n) is 14.0. The summed E-state index contributed by atoms with van der Waals surface area (Å²) < 4.78 is 11.3. The van der Waals surface area contributed by atoms with E-state index in [1.165, 1.54) is 18.2 Å². The third-order valence-corrected chi connectivity index (χ3v) is 8.03. The summed E-state index contributed by atoms with van der Waals surface area (Å²) in [6.45, 7) is 2.06. The molecule has 44 heavy (non-hydrogen) atoms. The highest BCUT2D eigenvalue weighted by Crippen LogP contribution is 2.34. The van der Waals surface area contributed by atoms with Crippen molar-refractivity contribution in [3.63, 3.8) is 0 Å². The smallest absolute Gasteiger partial charge is 0.339 e. The first-order chi connectivity index (χ1) is 21.3. The number of carbonyl (C=O) groups excluding carboxylic acids is 4. The standard InChI is InChI=1S/C34H29ClN2O6S/c1-2-3-16-42-33(40)27-19-26(14-15-28(27)35)36-31(38)20-37-32(39)30(44-34(37)41)18-25-10-6-7-11-29(25)43-21-22-12-13-23-8-4-5-9-24(23)17-22/h4-15,17-19H,2-3,16,20-21H2,1H3,(H,36,38)/b30-18-. The average molecular weight is 629 g/mol. The minimum absolute atomic E-state index is 0.108. The third kappa shape index (κ3) is 7.48. The van der Waals surface area contributed by atoms with Gasteiger partial charge in [-0.2, -0.15) is 0 Å². The molecule has 1 heterocycles. The van der Waals surface area contributed by atoms with E-state index in [-0.39, 0.29) is 27.8 Å². The number of unbranched alkanes of at least 4 members (excludes halogenated alkanes) is 1. The van der Waals surface area contributed by atoms with Crippen molar-refractivity contribution in [2.24, 2.45) is 0 Å². The van der Waals surface area contributed by atoms with Gasteiger partial charge in [0, 0.05) is 11.3 Å². The molecular formula is C34H29ClN2O6S.